The van der Waals surface area contributed by atoms with Crippen LogP contribution in [-0.2, 0) is 11.5 Å². The zero-order valence-corrected chi connectivity index (χ0v) is 14.2. The predicted molar refractivity (Wildman–Crippen MR) is 84.9 cm³/mol. The average Bonchev–Trinajstić information content (AvgIpc) is 2.42. The Kier molecular flexibility index (Phi) is 6.72. The standard InChI is InChI=1S/C14H19BrF3NS/c1-4-11(9-20-3)19(2)12-6-5-10(8-15)13(7-12)14(16,17)18/h5-7,11H,4,8-9H2,1-3H3. The molecule has 1 nitrogen and oxygen atoms in total. The van der Waals surface area contributed by atoms with Gasteiger partial charge in [-0.25, -0.2) is 0 Å². The van der Waals surface area contributed by atoms with Crippen LogP contribution in [0.3, 0.4) is 0 Å². The van der Waals surface area contributed by atoms with E-state index in [0.717, 1.165) is 12.2 Å². The van der Waals surface area contributed by atoms with E-state index in [0.29, 0.717) is 5.69 Å². The van der Waals surface area contributed by atoms with Crippen LogP contribution in [0.1, 0.15) is 24.5 Å². The van der Waals surface area contributed by atoms with E-state index in [1.165, 1.54) is 6.07 Å². The van der Waals surface area contributed by atoms with Gasteiger partial charge in [0, 0.05) is 29.9 Å². The van der Waals surface area contributed by atoms with E-state index in [9.17, 15) is 13.2 Å². The van der Waals surface area contributed by atoms with E-state index in [1.807, 2.05) is 18.2 Å². The Morgan fingerprint density at radius 1 is 1.35 bits per heavy atom. The maximum absolute atomic E-state index is 13.1. The Morgan fingerprint density at radius 3 is 2.45 bits per heavy atom. The first kappa shape index (κ1) is 17.7. The van der Waals surface area contributed by atoms with Gasteiger partial charge >= 0.3 is 6.18 Å². The smallest absolute Gasteiger partial charge is 0.371 e. The summed E-state index contributed by atoms with van der Waals surface area (Å²) in [5.41, 5.74) is 0.327. The Bertz CT molecular complexity index is 437. The first-order chi connectivity index (χ1) is 9.35. The monoisotopic (exact) mass is 369 g/mol. The minimum atomic E-state index is -4.32. The lowest BCUT2D eigenvalue weighted by atomic mass is 10.1. The fraction of sp³-hybridized carbons (Fsp3) is 0.571. The molecule has 0 aromatic heterocycles. The van der Waals surface area contributed by atoms with Gasteiger partial charge in [-0.2, -0.15) is 24.9 Å². The van der Waals surface area contributed by atoms with Crippen molar-refractivity contribution in [3.63, 3.8) is 0 Å². The Hall–Kier alpha value is -0.360. The minimum Gasteiger partial charge on any atom is -0.371 e. The molecule has 1 aromatic carbocycles. The molecule has 0 radical (unpaired) electrons. The number of alkyl halides is 4. The summed E-state index contributed by atoms with van der Waals surface area (Å²) in [7, 11) is 1.85. The van der Waals surface area contributed by atoms with Gasteiger partial charge in [0.05, 0.1) is 5.56 Å². The van der Waals surface area contributed by atoms with Crippen molar-refractivity contribution in [1.29, 1.82) is 0 Å². The van der Waals surface area contributed by atoms with Crippen molar-refractivity contribution in [2.75, 3.05) is 24.0 Å². The van der Waals surface area contributed by atoms with Crippen LogP contribution in [0, 0.1) is 0 Å². The fourth-order valence-electron chi connectivity index (χ4n) is 2.07. The van der Waals surface area contributed by atoms with Crippen LogP contribution in [-0.4, -0.2) is 25.1 Å². The fourth-order valence-corrected chi connectivity index (χ4v) is 3.40. The summed E-state index contributed by atoms with van der Waals surface area (Å²) < 4.78 is 39.2. The Balaban J connectivity index is 3.14. The molecule has 0 saturated heterocycles. The van der Waals surface area contributed by atoms with Gasteiger partial charge in [-0.3, -0.25) is 0 Å². The molecule has 0 spiro atoms. The van der Waals surface area contributed by atoms with Crippen molar-refractivity contribution in [2.45, 2.75) is 30.9 Å². The Morgan fingerprint density at radius 2 is 2.00 bits per heavy atom. The van der Waals surface area contributed by atoms with E-state index in [4.69, 9.17) is 0 Å². The van der Waals surface area contributed by atoms with Gasteiger partial charge < -0.3 is 4.90 Å². The Labute approximate surface area is 131 Å². The largest absolute Gasteiger partial charge is 0.416 e. The molecule has 0 aliphatic carbocycles. The average molecular weight is 370 g/mol. The molecule has 0 amide bonds. The third-order valence-corrected chi connectivity index (χ3v) is 4.65. The lowest BCUT2D eigenvalue weighted by Gasteiger charge is -2.29. The summed E-state index contributed by atoms with van der Waals surface area (Å²) in [5.74, 6) is 0.897. The number of anilines is 1. The van der Waals surface area contributed by atoms with Crippen LogP contribution >= 0.6 is 27.7 Å². The van der Waals surface area contributed by atoms with E-state index < -0.39 is 11.7 Å². The molecule has 6 heteroatoms. The van der Waals surface area contributed by atoms with Gasteiger partial charge in [0.2, 0.25) is 0 Å². The van der Waals surface area contributed by atoms with Crippen molar-refractivity contribution in [1.82, 2.24) is 0 Å². The van der Waals surface area contributed by atoms with Crippen molar-refractivity contribution in [3.8, 4) is 0 Å². The molecule has 1 atom stereocenters. The number of hydrogen-bond acceptors (Lipinski definition) is 2. The third kappa shape index (κ3) is 4.32. The zero-order valence-electron chi connectivity index (χ0n) is 11.8. The number of nitrogens with zero attached hydrogens (tertiary/aromatic N) is 1. The lowest BCUT2D eigenvalue weighted by Crippen LogP contribution is -2.33. The lowest BCUT2D eigenvalue weighted by molar-refractivity contribution is -0.138. The first-order valence-corrected chi connectivity index (χ1v) is 8.84. The van der Waals surface area contributed by atoms with Crippen LogP contribution in [0.25, 0.3) is 0 Å². The summed E-state index contributed by atoms with van der Waals surface area (Å²) in [6, 6.07) is 4.80. The maximum atomic E-state index is 13.1. The van der Waals surface area contributed by atoms with E-state index in [-0.39, 0.29) is 16.9 Å². The summed E-state index contributed by atoms with van der Waals surface area (Å²) in [6.07, 6.45) is -1.41. The van der Waals surface area contributed by atoms with Crippen molar-refractivity contribution in [2.24, 2.45) is 0 Å². The highest BCUT2D eigenvalue weighted by atomic mass is 79.9. The predicted octanol–water partition coefficient (Wildman–Crippen LogP) is 5.18. The van der Waals surface area contributed by atoms with Gasteiger partial charge in [-0.05, 0) is 30.4 Å². The van der Waals surface area contributed by atoms with Gasteiger partial charge in [0.25, 0.3) is 0 Å². The van der Waals surface area contributed by atoms with Crippen LogP contribution in [0.5, 0.6) is 0 Å². The molecule has 1 rings (SSSR count). The molecule has 0 aliphatic rings. The van der Waals surface area contributed by atoms with E-state index >= 15 is 0 Å². The second kappa shape index (κ2) is 7.59. The number of halogens is 4. The molecule has 0 fully saturated rings. The topological polar surface area (TPSA) is 3.24 Å². The molecule has 0 bridgehead atoms. The third-order valence-electron chi connectivity index (χ3n) is 3.33. The molecule has 0 saturated carbocycles. The molecule has 0 N–H and O–H groups in total. The number of thioether (sulfide) groups is 1. The highest BCUT2D eigenvalue weighted by Gasteiger charge is 2.33. The summed E-state index contributed by atoms with van der Waals surface area (Å²) >= 11 is 4.82. The number of hydrogen-bond donors (Lipinski definition) is 0. The van der Waals surface area contributed by atoms with E-state index in [2.05, 4.69) is 22.9 Å². The number of benzene rings is 1. The van der Waals surface area contributed by atoms with Gasteiger partial charge in [0.15, 0.2) is 0 Å². The highest BCUT2D eigenvalue weighted by Crippen LogP contribution is 2.35. The maximum Gasteiger partial charge on any atom is 0.416 e. The molecular weight excluding hydrogens is 351 g/mol. The minimum absolute atomic E-state index is 0.202. The quantitative estimate of drug-likeness (QED) is 0.635. The molecule has 20 heavy (non-hydrogen) atoms. The van der Waals surface area contributed by atoms with Gasteiger partial charge in [-0.15, -0.1) is 0 Å². The highest BCUT2D eigenvalue weighted by molar-refractivity contribution is 9.08. The zero-order chi connectivity index (χ0) is 15.3. The molecular formula is C14H19BrF3NS. The molecule has 0 heterocycles. The molecule has 114 valence electrons. The van der Waals surface area contributed by atoms with Gasteiger partial charge in [-0.1, -0.05) is 28.9 Å². The number of rotatable bonds is 6. The second-order valence-corrected chi connectivity index (χ2v) is 6.07. The van der Waals surface area contributed by atoms with Gasteiger partial charge in [0.1, 0.15) is 0 Å². The first-order valence-electron chi connectivity index (χ1n) is 6.33. The van der Waals surface area contributed by atoms with Crippen molar-refractivity contribution in [3.05, 3.63) is 29.3 Å². The summed E-state index contributed by atoms with van der Waals surface area (Å²) in [4.78, 5) is 1.93. The second-order valence-electron chi connectivity index (χ2n) is 4.60. The molecule has 0 aliphatic heterocycles. The van der Waals surface area contributed by atoms with E-state index in [1.54, 1.807) is 23.9 Å². The van der Waals surface area contributed by atoms with Crippen LogP contribution < -0.4 is 4.90 Å². The molecule has 1 unspecified atom stereocenters. The normalized spacial score (nSPS) is 13.3. The summed E-state index contributed by atoms with van der Waals surface area (Å²) in [6.45, 7) is 2.05. The van der Waals surface area contributed by atoms with Crippen LogP contribution in [0.4, 0.5) is 18.9 Å². The van der Waals surface area contributed by atoms with Crippen LogP contribution in [0.2, 0.25) is 0 Å². The summed E-state index contributed by atoms with van der Waals surface area (Å²) in [5, 5.41) is 0.202. The van der Waals surface area contributed by atoms with Crippen LogP contribution in [0.15, 0.2) is 18.2 Å². The van der Waals surface area contributed by atoms with Crippen molar-refractivity contribution < 1.29 is 13.2 Å². The SMILES string of the molecule is CCC(CSC)N(C)c1ccc(CBr)c(C(F)(F)F)c1. The van der Waals surface area contributed by atoms with Crippen molar-refractivity contribution >= 4 is 33.4 Å². The molecule has 1 aromatic rings.